The molecule has 1 aliphatic heterocycles. The van der Waals surface area contributed by atoms with Crippen LogP contribution in [0.5, 0.6) is 11.5 Å². The molecule has 3 aromatic rings. The van der Waals surface area contributed by atoms with Crippen LogP contribution in [-0.2, 0) is 22.6 Å². The first-order valence-electron chi connectivity index (χ1n) is 9.69. The van der Waals surface area contributed by atoms with E-state index < -0.39 is 6.04 Å². The Morgan fingerprint density at radius 3 is 2.83 bits per heavy atom. The van der Waals surface area contributed by atoms with E-state index in [0.29, 0.717) is 36.2 Å². The summed E-state index contributed by atoms with van der Waals surface area (Å²) in [6.07, 6.45) is 2.24. The summed E-state index contributed by atoms with van der Waals surface area (Å²) in [5, 5.41) is 7.09. The molecule has 0 bridgehead atoms. The van der Waals surface area contributed by atoms with Gasteiger partial charge >= 0.3 is 0 Å². The molecule has 30 heavy (non-hydrogen) atoms. The van der Waals surface area contributed by atoms with Gasteiger partial charge in [0.05, 0.1) is 5.02 Å². The minimum atomic E-state index is -0.700. The molecule has 0 saturated heterocycles. The summed E-state index contributed by atoms with van der Waals surface area (Å²) in [6.45, 7) is 2.55. The zero-order chi connectivity index (χ0) is 21.1. The summed E-state index contributed by atoms with van der Waals surface area (Å²) in [7, 11) is 0. The number of rotatable bonds is 6. The monoisotopic (exact) mass is 427 g/mol. The normalized spacial score (nSPS) is 13.7. The maximum Gasteiger partial charge on any atom is 0.243 e. The molecule has 0 aliphatic carbocycles. The highest BCUT2D eigenvalue weighted by molar-refractivity contribution is 6.32. The maximum atomic E-state index is 12.9. The van der Waals surface area contributed by atoms with E-state index in [9.17, 15) is 9.59 Å². The van der Waals surface area contributed by atoms with Crippen molar-refractivity contribution < 1.29 is 19.1 Å². The van der Waals surface area contributed by atoms with Gasteiger partial charge in [0.25, 0.3) is 0 Å². The van der Waals surface area contributed by atoms with Crippen molar-refractivity contribution in [1.29, 1.82) is 0 Å². The van der Waals surface area contributed by atoms with Crippen molar-refractivity contribution in [2.75, 3.05) is 13.2 Å². The molecule has 0 fully saturated rings. The molecule has 3 N–H and O–H groups in total. The van der Waals surface area contributed by atoms with Crippen LogP contribution < -0.4 is 20.1 Å². The van der Waals surface area contributed by atoms with Crippen molar-refractivity contribution in [3.8, 4) is 11.5 Å². The number of fused-ring (bicyclic) bond motifs is 2. The number of hydrogen-bond acceptors (Lipinski definition) is 4. The van der Waals surface area contributed by atoms with Gasteiger partial charge in [0.15, 0.2) is 11.5 Å². The Balaban J connectivity index is 1.47. The van der Waals surface area contributed by atoms with E-state index in [2.05, 4.69) is 15.6 Å². The number of nitrogens with one attached hydrogen (secondary N) is 3. The van der Waals surface area contributed by atoms with Gasteiger partial charge in [-0.1, -0.05) is 29.8 Å². The number of para-hydroxylation sites is 1. The second-order valence-electron chi connectivity index (χ2n) is 7.14. The largest absolute Gasteiger partial charge is 0.486 e. The van der Waals surface area contributed by atoms with Crippen LogP contribution in [0.4, 0.5) is 0 Å². The maximum absolute atomic E-state index is 12.9. The fourth-order valence-electron chi connectivity index (χ4n) is 3.55. The molecule has 1 aromatic heterocycles. The second-order valence-corrected chi connectivity index (χ2v) is 7.54. The van der Waals surface area contributed by atoms with Crippen molar-refractivity contribution in [2.24, 2.45) is 0 Å². The summed E-state index contributed by atoms with van der Waals surface area (Å²) >= 11 is 6.27. The first kappa shape index (κ1) is 20.1. The lowest BCUT2D eigenvalue weighted by atomic mass is 10.0. The van der Waals surface area contributed by atoms with E-state index in [1.165, 1.54) is 6.92 Å². The number of ether oxygens (including phenoxy) is 2. The molecule has 1 aliphatic rings. The van der Waals surface area contributed by atoms with Crippen LogP contribution in [-0.4, -0.2) is 36.1 Å². The lowest BCUT2D eigenvalue weighted by molar-refractivity contribution is -0.128. The summed E-state index contributed by atoms with van der Waals surface area (Å²) in [6, 6.07) is 10.7. The molecular weight excluding hydrogens is 406 g/mol. The summed E-state index contributed by atoms with van der Waals surface area (Å²) in [5.41, 5.74) is 2.73. The van der Waals surface area contributed by atoms with Crippen molar-refractivity contribution in [3.63, 3.8) is 0 Å². The number of hydrogen-bond donors (Lipinski definition) is 3. The third kappa shape index (κ3) is 4.36. The van der Waals surface area contributed by atoms with E-state index >= 15 is 0 Å². The number of aromatic amines is 1. The smallest absolute Gasteiger partial charge is 0.243 e. The summed E-state index contributed by atoms with van der Waals surface area (Å²) in [5.74, 6) is 0.544. The van der Waals surface area contributed by atoms with Gasteiger partial charge in [-0.15, -0.1) is 0 Å². The number of halogens is 1. The van der Waals surface area contributed by atoms with Gasteiger partial charge in [-0.2, -0.15) is 0 Å². The Hall–Kier alpha value is -3.19. The fraction of sp³-hybridized carbons (Fsp3) is 0.273. The molecule has 0 spiro atoms. The molecule has 2 amide bonds. The highest BCUT2D eigenvalue weighted by Crippen LogP contribution is 2.38. The van der Waals surface area contributed by atoms with E-state index in [1.54, 1.807) is 12.1 Å². The van der Waals surface area contributed by atoms with E-state index in [1.807, 2.05) is 30.5 Å². The summed E-state index contributed by atoms with van der Waals surface area (Å²) < 4.78 is 11.1. The van der Waals surface area contributed by atoms with Gasteiger partial charge in [0.1, 0.15) is 19.3 Å². The minimum Gasteiger partial charge on any atom is -0.486 e. The lowest BCUT2D eigenvalue weighted by Gasteiger charge is -2.21. The Morgan fingerprint density at radius 2 is 2.00 bits per heavy atom. The van der Waals surface area contributed by atoms with Crippen LogP contribution in [0, 0.1) is 0 Å². The van der Waals surface area contributed by atoms with E-state index in [-0.39, 0.29) is 18.4 Å². The van der Waals surface area contributed by atoms with Crippen LogP contribution >= 0.6 is 11.6 Å². The van der Waals surface area contributed by atoms with Crippen LogP contribution in [0.1, 0.15) is 18.1 Å². The number of carbonyl (C=O) groups excluding carboxylic acids is 2. The molecule has 2 heterocycles. The number of amides is 2. The molecule has 156 valence electrons. The number of benzene rings is 2. The van der Waals surface area contributed by atoms with Gasteiger partial charge in [-0.05, 0) is 29.3 Å². The third-order valence-electron chi connectivity index (χ3n) is 4.92. The average molecular weight is 428 g/mol. The zero-order valence-corrected chi connectivity index (χ0v) is 17.2. The van der Waals surface area contributed by atoms with E-state index in [0.717, 1.165) is 22.0 Å². The standard InChI is InChI=1S/C22H22ClN3O4/c1-13(27)26-19(10-15-12-24-18-5-3-2-4-16(15)18)22(28)25-11-14-8-17(23)21-20(9-14)29-6-7-30-21/h2-5,8-9,12,19,24H,6-7,10-11H2,1H3,(H,25,28)(H,26,27). The molecule has 0 saturated carbocycles. The van der Waals surface area contributed by atoms with Gasteiger partial charge < -0.3 is 25.1 Å². The molecule has 2 aromatic carbocycles. The van der Waals surface area contributed by atoms with Crippen molar-refractivity contribution in [3.05, 3.63) is 58.7 Å². The van der Waals surface area contributed by atoms with Gasteiger partial charge in [-0.3, -0.25) is 9.59 Å². The first-order valence-corrected chi connectivity index (χ1v) is 10.1. The minimum absolute atomic E-state index is 0.249. The SMILES string of the molecule is CC(=O)NC(Cc1c[nH]c2ccccc12)C(=O)NCc1cc(Cl)c2c(c1)OCCO2. The van der Waals surface area contributed by atoms with Crippen LogP contribution in [0.3, 0.4) is 0 Å². The highest BCUT2D eigenvalue weighted by Gasteiger charge is 2.22. The van der Waals surface area contributed by atoms with E-state index in [4.69, 9.17) is 21.1 Å². The predicted octanol–water partition coefficient (Wildman–Crippen LogP) is 2.96. The Kier molecular flexibility index (Phi) is 5.81. The Labute approximate surface area is 178 Å². The quantitative estimate of drug-likeness (QED) is 0.564. The van der Waals surface area contributed by atoms with Gasteiger partial charge in [0.2, 0.25) is 11.8 Å². The van der Waals surface area contributed by atoms with Crippen LogP contribution in [0.25, 0.3) is 10.9 Å². The number of H-pyrrole nitrogens is 1. The van der Waals surface area contributed by atoms with Crippen LogP contribution in [0.15, 0.2) is 42.6 Å². The Morgan fingerprint density at radius 1 is 1.20 bits per heavy atom. The fourth-order valence-corrected chi connectivity index (χ4v) is 3.84. The number of carbonyl (C=O) groups is 2. The first-order chi connectivity index (χ1) is 14.5. The van der Waals surface area contributed by atoms with Gasteiger partial charge in [0, 0.05) is 37.0 Å². The summed E-state index contributed by atoms with van der Waals surface area (Å²) in [4.78, 5) is 27.7. The Bertz CT molecular complexity index is 1100. The molecule has 8 heteroatoms. The molecule has 0 radical (unpaired) electrons. The average Bonchev–Trinajstić information content (AvgIpc) is 3.14. The van der Waals surface area contributed by atoms with Crippen LogP contribution in [0.2, 0.25) is 5.02 Å². The predicted molar refractivity (Wildman–Crippen MR) is 114 cm³/mol. The topological polar surface area (TPSA) is 92.5 Å². The van der Waals surface area contributed by atoms with Crippen molar-refractivity contribution in [1.82, 2.24) is 15.6 Å². The van der Waals surface area contributed by atoms with Crippen molar-refractivity contribution >= 4 is 34.3 Å². The second kappa shape index (κ2) is 8.67. The zero-order valence-electron chi connectivity index (χ0n) is 16.5. The molecule has 4 rings (SSSR count). The van der Waals surface area contributed by atoms with Gasteiger partial charge in [-0.25, -0.2) is 0 Å². The van der Waals surface area contributed by atoms with Crippen molar-refractivity contribution in [2.45, 2.75) is 25.9 Å². The molecular formula is C22H22ClN3O4. The number of aromatic nitrogens is 1. The molecule has 1 unspecified atom stereocenters. The lowest BCUT2D eigenvalue weighted by Crippen LogP contribution is -2.47. The molecule has 7 nitrogen and oxygen atoms in total. The third-order valence-corrected chi connectivity index (χ3v) is 5.20. The molecule has 1 atom stereocenters. The highest BCUT2D eigenvalue weighted by atomic mass is 35.5.